The summed E-state index contributed by atoms with van der Waals surface area (Å²) in [6.07, 6.45) is 0. The maximum atomic E-state index is 12.9. The average molecular weight is 588 g/mol. The second-order valence-corrected chi connectivity index (χ2v) is 13.6. The van der Waals surface area contributed by atoms with E-state index in [0.29, 0.717) is 10.0 Å². The predicted octanol–water partition coefficient (Wildman–Crippen LogP) is 5.99. The number of hydrogen-bond donors (Lipinski definition) is 0. The van der Waals surface area contributed by atoms with Gasteiger partial charge in [0, 0.05) is 47.6 Å². The van der Waals surface area contributed by atoms with E-state index in [4.69, 9.17) is 23.2 Å². The van der Waals surface area contributed by atoms with E-state index >= 15 is 0 Å². The summed E-state index contributed by atoms with van der Waals surface area (Å²) < 4.78 is 51.6. The molecule has 6 nitrogen and oxygen atoms in total. The molecule has 0 aromatic heterocycles. The van der Waals surface area contributed by atoms with E-state index in [9.17, 15) is 16.8 Å². The van der Waals surface area contributed by atoms with E-state index in [1.807, 2.05) is 24.3 Å². The van der Waals surface area contributed by atoms with Crippen LogP contribution in [0.4, 0.5) is 11.4 Å². The molecule has 0 spiro atoms. The van der Waals surface area contributed by atoms with Gasteiger partial charge in [0.05, 0.1) is 19.6 Å². The van der Waals surface area contributed by atoms with Crippen LogP contribution in [0.2, 0.25) is 10.0 Å². The van der Waals surface area contributed by atoms with Gasteiger partial charge in [-0.2, -0.15) is 0 Å². The van der Waals surface area contributed by atoms with Crippen LogP contribution in [0.3, 0.4) is 0 Å². The minimum absolute atomic E-state index is 0.204. The summed E-state index contributed by atoms with van der Waals surface area (Å²) in [4.78, 5) is 5.28. The fourth-order valence-corrected chi connectivity index (χ4v) is 7.17. The van der Waals surface area contributed by atoms with Crippen LogP contribution in [-0.2, 0) is 19.7 Å². The molecule has 1 aliphatic rings. The lowest BCUT2D eigenvalue weighted by Crippen LogP contribution is -2.46. The largest absolute Gasteiger partial charge is 0.368 e. The Labute approximate surface area is 232 Å². The summed E-state index contributed by atoms with van der Waals surface area (Å²) in [7, 11) is -7.23. The third-order valence-corrected chi connectivity index (χ3v) is 10.6. The number of rotatable bonds is 6. The zero-order valence-electron chi connectivity index (χ0n) is 20.2. The molecule has 1 aliphatic heterocycles. The van der Waals surface area contributed by atoms with Gasteiger partial charge < -0.3 is 9.80 Å². The summed E-state index contributed by atoms with van der Waals surface area (Å²) in [5, 5.41) is 0.967. The first-order valence-corrected chi connectivity index (χ1v) is 15.6. The lowest BCUT2D eigenvalue weighted by Gasteiger charge is -2.37. The van der Waals surface area contributed by atoms with Crippen LogP contribution in [-0.4, -0.2) is 43.0 Å². The molecule has 0 atom stereocenters. The fourth-order valence-electron chi connectivity index (χ4n) is 4.39. The molecule has 38 heavy (non-hydrogen) atoms. The number of piperazine rings is 1. The van der Waals surface area contributed by atoms with Gasteiger partial charge in [-0.1, -0.05) is 23.2 Å². The average Bonchev–Trinajstić information content (AvgIpc) is 2.94. The molecule has 0 unspecified atom stereocenters. The van der Waals surface area contributed by atoms with Crippen molar-refractivity contribution in [3.05, 3.63) is 107 Å². The molecule has 10 heteroatoms. The minimum atomic E-state index is -3.62. The molecule has 0 amide bonds. The zero-order valence-corrected chi connectivity index (χ0v) is 23.3. The van der Waals surface area contributed by atoms with Crippen molar-refractivity contribution in [3.63, 3.8) is 0 Å². The van der Waals surface area contributed by atoms with Crippen LogP contribution in [0.15, 0.2) is 117 Å². The second kappa shape index (κ2) is 10.6. The van der Waals surface area contributed by atoms with Gasteiger partial charge >= 0.3 is 0 Å². The Bertz CT molecular complexity index is 1510. The van der Waals surface area contributed by atoms with Gasteiger partial charge in [-0.05, 0) is 97.1 Å². The third-order valence-electron chi connectivity index (χ3n) is 6.55. The highest BCUT2D eigenvalue weighted by Crippen LogP contribution is 2.28. The third kappa shape index (κ3) is 5.40. The summed E-state index contributed by atoms with van der Waals surface area (Å²) in [6.45, 7) is 2.98. The molecule has 0 bridgehead atoms. The van der Waals surface area contributed by atoms with E-state index in [1.165, 1.54) is 24.3 Å². The van der Waals surface area contributed by atoms with Gasteiger partial charge in [0.1, 0.15) is 0 Å². The van der Waals surface area contributed by atoms with Gasteiger partial charge in [-0.15, -0.1) is 0 Å². The first-order chi connectivity index (χ1) is 18.1. The SMILES string of the molecule is O=S(=O)(c1ccc(Cl)cc1)c1ccc(N2CCN(c3ccc(S(=O)(=O)c4ccc(Cl)cc4)cc3)CC2)cc1. The van der Waals surface area contributed by atoms with E-state index in [0.717, 1.165) is 37.6 Å². The number of anilines is 2. The number of sulfone groups is 2. The molecule has 0 saturated carbocycles. The van der Waals surface area contributed by atoms with Crippen LogP contribution in [0.1, 0.15) is 0 Å². The molecule has 5 rings (SSSR count). The highest BCUT2D eigenvalue weighted by Gasteiger charge is 2.22. The molecule has 0 aliphatic carbocycles. The van der Waals surface area contributed by atoms with Gasteiger partial charge in [0.15, 0.2) is 0 Å². The summed E-state index contributed by atoms with van der Waals surface area (Å²) >= 11 is 11.8. The maximum Gasteiger partial charge on any atom is 0.206 e. The lowest BCUT2D eigenvalue weighted by atomic mass is 10.2. The van der Waals surface area contributed by atoms with Crippen molar-refractivity contribution in [2.24, 2.45) is 0 Å². The van der Waals surface area contributed by atoms with E-state index in [1.54, 1.807) is 48.5 Å². The predicted molar refractivity (Wildman–Crippen MR) is 151 cm³/mol. The number of nitrogens with zero attached hydrogens (tertiary/aromatic N) is 2. The normalized spacial score (nSPS) is 14.5. The van der Waals surface area contributed by atoms with Crippen molar-refractivity contribution >= 4 is 54.3 Å². The minimum Gasteiger partial charge on any atom is -0.368 e. The number of benzene rings is 4. The van der Waals surface area contributed by atoms with E-state index in [2.05, 4.69) is 9.80 Å². The smallest absolute Gasteiger partial charge is 0.206 e. The molecular weight excluding hydrogens is 563 g/mol. The Morgan fingerprint density at radius 3 is 0.921 bits per heavy atom. The van der Waals surface area contributed by atoms with Gasteiger partial charge in [0.2, 0.25) is 19.7 Å². The molecule has 4 aromatic carbocycles. The number of hydrogen-bond acceptors (Lipinski definition) is 6. The van der Waals surface area contributed by atoms with Crippen LogP contribution in [0.25, 0.3) is 0 Å². The Morgan fingerprint density at radius 2 is 0.658 bits per heavy atom. The highest BCUT2D eigenvalue weighted by molar-refractivity contribution is 7.91. The van der Waals surface area contributed by atoms with Crippen LogP contribution in [0.5, 0.6) is 0 Å². The van der Waals surface area contributed by atoms with E-state index < -0.39 is 19.7 Å². The molecule has 1 fully saturated rings. The van der Waals surface area contributed by atoms with E-state index in [-0.39, 0.29) is 19.6 Å². The van der Waals surface area contributed by atoms with Crippen molar-refractivity contribution < 1.29 is 16.8 Å². The van der Waals surface area contributed by atoms with Crippen molar-refractivity contribution in [2.75, 3.05) is 36.0 Å². The maximum absolute atomic E-state index is 12.9. The van der Waals surface area contributed by atoms with Crippen molar-refractivity contribution in [2.45, 2.75) is 19.6 Å². The first-order valence-electron chi connectivity index (χ1n) is 11.9. The Morgan fingerprint density at radius 1 is 0.421 bits per heavy atom. The molecule has 196 valence electrons. The van der Waals surface area contributed by atoms with Crippen molar-refractivity contribution in [3.8, 4) is 0 Å². The lowest BCUT2D eigenvalue weighted by molar-refractivity contribution is 0.594. The highest BCUT2D eigenvalue weighted by atomic mass is 35.5. The monoisotopic (exact) mass is 586 g/mol. The quantitative estimate of drug-likeness (QED) is 0.276. The van der Waals surface area contributed by atoms with Gasteiger partial charge in [-0.25, -0.2) is 16.8 Å². The van der Waals surface area contributed by atoms with Crippen molar-refractivity contribution in [1.29, 1.82) is 0 Å². The fraction of sp³-hybridized carbons (Fsp3) is 0.143. The molecule has 4 aromatic rings. The second-order valence-electron chi connectivity index (χ2n) is 8.88. The molecule has 0 radical (unpaired) electrons. The number of halogens is 2. The molecular formula is C28H24Cl2N2O4S2. The van der Waals surface area contributed by atoms with Crippen LogP contribution >= 0.6 is 23.2 Å². The van der Waals surface area contributed by atoms with Gasteiger partial charge in [-0.3, -0.25) is 0 Å². The van der Waals surface area contributed by atoms with Crippen LogP contribution < -0.4 is 9.80 Å². The van der Waals surface area contributed by atoms with Crippen molar-refractivity contribution in [1.82, 2.24) is 0 Å². The summed E-state index contributed by atoms with van der Waals surface area (Å²) in [5.41, 5.74) is 1.90. The Balaban J connectivity index is 1.23. The first kappa shape index (κ1) is 26.6. The van der Waals surface area contributed by atoms with Crippen LogP contribution in [0, 0.1) is 0 Å². The molecule has 1 saturated heterocycles. The molecule has 1 heterocycles. The van der Waals surface area contributed by atoms with Gasteiger partial charge in [0.25, 0.3) is 0 Å². The summed E-state index contributed by atoms with van der Waals surface area (Å²) in [5.74, 6) is 0. The Hall–Kier alpha value is -3.04. The summed E-state index contributed by atoms with van der Waals surface area (Å²) in [6, 6.07) is 26.1. The topological polar surface area (TPSA) is 74.8 Å². The standard InChI is InChI=1S/C28H24Cl2N2O4S2/c29-21-1-9-25(10-2-21)37(33,34)27-13-5-23(6-14-27)31-17-19-32(20-18-31)24-7-15-28(16-8-24)38(35,36)26-11-3-22(30)4-12-26/h1-16H,17-20H2. The molecule has 0 N–H and O–H groups in total. The Kier molecular flexibility index (Phi) is 7.42. The zero-order chi connectivity index (χ0) is 26.9.